The molecule has 0 bridgehead atoms. The molecule has 2 rings (SSSR count). The maximum absolute atomic E-state index is 13.2. The highest BCUT2D eigenvalue weighted by Gasteiger charge is 2.53. The van der Waals surface area contributed by atoms with Crippen LogP contribution >= 0.6 is 0 Å². The smallest absolute Gasteiger partial charge is 0.394 e. The number of nitrogens with zero attached hydrogens (tertiary/aromatic N) is 1. The summed E-state index contributed by atoms with van der Waals surface area (Å²) in [6.07, 6.45) is -4.70. The standard InChI is InChI=1S/C14H13F4NO3/c1-7-4-8(2-3-11(7)15)12(20)19-5-9(13(21)22)10(6-19)14(16,17)18/h2-4,9-10H,5-6H2,1H3,(H,21,22)/t9-,10-/m1/s1. The van der Waals surface area contributed by atoms with E-state index >= 15 is 0 Å². The fourth-order valence-electron chi connectivity index (χ4n) is 2.51. The molecule has 1 aliphatic rings. The molecule has 1 heterocycles. The summed E-state index contributed by atoms with van der Waals surface area (Å²) < 4.78 is 51.8. The molecule has 8 heteroatoms. The Morgan fingerprint density at radius 1 is 1.27 bits per heavy atom. The van der Waals surface area contributed by atoms with Gasteiger partial charge in [-0.05, 0) is 30.7 Å². The third-order valence-electron chi connectivity index (χ3n) is 3.75. The van der Waals surface area contributed by atoms with Crippen molar-refractivity contribution in [2.45, 2.75) is 13.1 Å². The largest absolute Gasteiger partial charge is 0.481 e. The molecule has 0 saturated carbocycles. The number of benzene rings is 1. The van der Waals surface area contributed by atoms with Gasteiger partial charge >= 0.3 is 12.1 Å². The fourth-order valence-corrected chi connectivity index (χ4v) is 2.51. The van der Waals surface area contributed by atoms with Crippen LogP contribution in [0.25, 0.3) is 0 Å². The molecular weight excluding hydrogens is 306 g/mol. The molecule has 1 aliphatic heterocycles. The summed E-state index contributed by atoms with van der Waals surface area (Å²) in [6.45, 7) is 0.194. The lowest BCUT2D eigenvalue weighted by Crippen LogP contribution is -2.34. The van der Waals surface area contributed by atoms with Crippen LogP contribution in [-0.2, 0) is 4.79 Å². The minimum absolute atomic E-state index is 0.0332. The van der Waals surface area contributed by atoms with Crippen LogP contribution in [0.3, 0.4) is 0 Å². The second-order valence-corrected chi connectivity index (χ2v) is 5.27. The highest BCUT2D eigenvalue weighted by atomic mass is 19.4. The van der Waals surface area contributed by atoms with E-state index in [1.807, 2.05) is 0 Å². The highest BCUT2D eigenvalue weighted by molar-refractivity contribution is 5.95. The number of rotatable bonds is 2. The third kappa shape index (κ3) is 3.05. The normalized spacial score (nSPS) is 22.0. The quantitative estimate of drug-likeness (QED) is 0.852. The first-order valence-corrected chi connectivity index (χ1v) is 6.46. The Bertz CT molecular complexity index is 615. The molecule has 120 valence electrons. The summed E-state index contributed by atoms with van der Waals surface area (Å²) in [6, 6.07) is 3.45. The summed E-state index contributed by atoms with van der Waals surface area (Å²) >= 11 is 0. The molecule has 1 aromatic carbocycles. The number of halogens is 4. The first-order valence-electron chi connectivity index (χ1n) is 6.46. The zero-order valence-corrected chi connectivity index (χ0v) is 11.5. The number of carboxylic acid groups (broad SMARTS) is 1. The van der Waals surface area contributed by atoms with E-state index in [0.717, 1.165) is 11.0 Å². The zero-order chi connectivity index (χ0) is 16.7. The SMILES string of the molecule is Cc1cc(C(=O)N2C[C@@H](C(F)(F)F)[C@H](C(=O)O)C2)ccc1F. The van der Waals surface area contributed by atoms with Crippen LogP contribution in [0, 0.1) is 24.6 Å². The number of carbonyl (C=O) groups excluding carboxylic acids is 1. The highest BCUT2D eigenvalue weighted by Crippen LogP contribution is 2.38. The summed E-state index contributed by atoms with van der Waals surface area (Å²) in [7, 11) is 0. The molecule has 1 amide bonds. The van der Waals surface area contributed by atoms with Crippen LogP contribution in [0.5, 0.6) is 0 Å². The lowest BCUT2D eigenvalue weighted by molar-refractivity contribution is -0.187. The van der Waals surface area contributed by atoms with Gasteiger partial charge in [0.2, 0.25) is 0 Å². The Balaban J connectivity index is 2.24. The van der Waals surface area contributed by atoms with E-state index in [1.54, 1.807) is 0 Å². The summed E-state index contributed by atoms with van der Waals surface area (Å²) in [4.78, 5) is 24.0. The van der Waals surface area contributed by atoms with Gasteiger partial charge in [-0.15, -0.1) is 0 Å². The van der Waals surface area contributed by atoms with Gasteiger partial charge in [0.05, 0.1) is 11.8 Å². The Morgan fingerprint density at radius 3 is 2.36 bits per heavy atom. The number of carboxylic acids is 1. The number of hydrogen-bond acceptors (Lipinski definition) is 2. The van der Waals surface area contributed by atoms with Gasteiger partial charge in [0, 0.05) is 18.7 Å². The van der Waals surface area contributed by atoms with E-state index in [2.05, 4.69) is 0 Å². The lowest BCUT2D eigenvalue weighted by Gasteiger charge is -2.18. The predicted molar refractivity (Wildman–Crippen MR) is 67.7 cm³/mol. The minimum atomic E-state index is -4.70. The van der Waals surface area contributed by atoms with Crippen LogP contribution in [0.15, 0.2) is 18.2 Å². The molecule has 0 aromatic heterocycles. The van der Waals surface area contributed by atoms with E-state index in [0.29, 0.717) is 0 Å². The van der Waals surface area contributed by atoms with E-state index in [-0.39, 0.29) is 11.1 Å². The van der Waals surface area contributed by atoms with Gasteiger partial charge in [0.15, 0.2) is 0 Å². The van der Waals surface area contributed by atoms with E-state index < -0.39 is 48.8 Å². The molecule has 22 heavy (non-hydrogen) atoms. The molecule has 4 nitrogen and oxygen atoms in total. The Morgan fingerprint density at radius 2 is 1.91 bits per heavy atom. The summed E-state index contributed by atoms with van der Waals surface area (Å²) in [5.74, 6) is -6.65. The van der Waals surface area contributed by atoms with Crippen molar-refractivity contribution in [2.75, 3.05) is 13.1 Å². The van der Waals surface area contributed by atoms with Crippen molar-refractivity contribution < 1.29 is 32.3 Å². The van der Waals surface area contributed by atoms with Gasteiger partial charge in [-0.2, -0.15) is 13.2 Å². The van der Waals surface area contributed by atoms with Crippen LogP contribution in [-0.4, -0.2) is 41.1 Å². The fraction of sp³-hybridized carbons (Fsp3) is 0.429. The van der Waals surface area contributed by atoms with Crippen LogP contribution < -0.4 is 0 Å². The number of alkyl halides is 3. The van der Waals surface area contributed by atoms with Gasteiger partial charge in [-0.1, -0.05) is 0 Å². The first-order chi connectivity index (χ1) is 10.1. The number of aliphatic carboxylic acids is 1. The second kappa shape index (κ2) is 5.58. The zero-order valence-electron chi connectivity index (χ0n) is 11.5. The number of aryl methyl sites for hydroxylation is 1. The van der Waals surface area contributed by atoms with Gasteiger partial charge in [-0.25, -0.2) is 4.39 Å². The lowest BCUT2D eigenvalue weighted by atomic mass is 9.96. The van der Waals surface area contributed by atoms with Crippen LogP contribution in [0.1, 0.15) is 15.9 Å². The van der Waals surface area contributed by atoms with Crippen molar-refractivity contribution in [1.82, 2.24) is 4.90 Å². The Hall–Kier alpha value is -2.12. The van der Waals surface area contributed by atoms with Crippen molar-refractivity contribution >= 4 is 11.9 Å². The Labute approximate surface area is 123 Å². The molecule has 1 N–H and O–H groups in total. The molecule has 0 unspecified atom stereocenters. The van der Waals surface area contributed by atoms with Gasteiger partial charge in [0.1, 0.15) is 5.82 Å². The average molecular weight is 319 g/mol. The number of carbonyl (C=O) groups is 2. The molecule has 0 spiro atoms. The molecule has 0 aliphatic carbocycles. The van der Waals surface area contributed by atoms with Gasteiger partial charge in [-0.3, -0.25) is 9.59 Å². The number of amides is 1. The van der Waals surface area contributed by atoms with Crippen molar-refractivity contribution in [1.29, 1.82) is 0 Å². The molecule has 1 aromatic rings. The number of hydrogen-bond donors (Lipinski definition) is 1. The predicted octanol–water partition coefficient (Wildman–Crippen LogP) is 2.47. The van der Waals surface area contributed by atoms with E-state index in [9.17, 15) is 27.2 Å². The number of likely N-dealkylation sites (tertiary alicyclic amines) is 1. The maximum Gasteiger partial charge on any atom is 0.394 e. The molecule has 0 radical (unpaired) electrons. The van der Waals surface area contributed by atoms with Gasteiger partial charge < -0.3 is 10.0 Å². The van der Waals surface area contributed by atoms with Gasteiger partial charge in [0.25, 0.3) is 5.91 Å². The van der Waals surface area contributed by atoms with Crippen LogP contribution in [0.4, 0.5) is 17.6 Å². The van der Waals surface area contributed by atoms with Crippen molar-refractivity contribution in [3.05, 3.63) is 35.1 Å². The van der Waals surface area contributed by atoms with Crippen LogP contribution in [0.2, 0.25) is 0 Å². The maximum atomic E-state index is 13.2. The van der Waals surface area contributed by atoms with E-state index in [4.69, 9.17) is 5.11 Å². The van der Waals surface area contributed by atoms with Crippen molar-refractivity contribution in [3.8, 4) is 0 Å². The van der Waals surface area contributed by atoms with E-state index in [1.165, 1.54) is 19.1 Å². The summed E-state index contributed by atoms with van der Waals surface area (Å²) in [5, 5.41) is 8.91. The topological polar surface area (TPSA) is 57.6 Å². The third-order valence-corrected chi connectivity index (χ3v) is 3.75. The monoisotopic (exact) mass is 319 g/mol. The molecule has 2 atom stereocenters. The minimum Gasteiger partial charge on any atom is -0.481 e. The average Bonchev–Trinajstić information content (AvgIpc) is 2.86. The van der Waals surface area contributed by atoms with Crippen molar-refractivity contribution in [2.24, 2.45) is 11.8 Å². The molecule has 1 fully saturated rings. The summed E-state index contributed by atoms with van der Waals surface area (Å²) in [5.41, 5.74) is 0.220. The molecular formula is C14H13F4NO3. The van der Waals surface area contributed by atoms with Crippen molar-refractivity contribution in [3.63, 3.8) is 0 Å². The molecule has 1 saturated heterocycles. The Kier molecular flexibility index (Phi) is 4.12. The second-order valence-electron chi connectivity index (χ2n) is 5.27. The first kappa shape index (κ1) is 16.3.